The van der Waals surface area contributed by atoms with Gasteiger partial charge in [0.1, 0.15) is 5.01 Å². The largest absolute Gasteiger partial charge is 0.240 e. The highest BCUT2D eigenvalue weighted by molar-refractivity contribution is 7.89. The van der Waals surface area contributed by atoms with E-state index < -0.39 is 10.0 Å². The zero-order valence-corrected chi connectivity index (χ0v) is 15.3. The summed E-state index contributed by atoms with van der Waals surface area (Å²) in [5.74, 6) is 0.200. The number of fused-ring (bicyclic) bond motifs is 1. The first-order valence-electron chi connectivity index (χ1n) is 7.46. The molecule has 0 aliphatic heterocycles. The van der Waals surface area contributed by atoms with E-state index in [1.54, 1.807) is 18.4 Å². The molecule has 0 radical (unpaired) electrons. The van der Waals surface area contributed by atoms with Gasteiger partial charge in [-0.15, -0.1) is 11.3 Å². The number of aromatic nitrogens is 1. The number of thiazole rings is 1. The molecule has 0 aliphatic carbocycles. The number of hydrogen-bond acceptors (Lipinski definition) is 4. The lowest BCUT2D eigenvalue weighted by molar-refractivity contribution is 0.371. The van der Waals surface area contributed by atoms with Gasteiger partial charge in [-0.3, -0.25) is 0 Å². The summed E-state index contributed by atoms with van der Waals surface area (Å²) in [6.07, 6.45) is 1.59. The van der Waals surface area contributed by atoms with Crippen molar-refractivity contribution < 1.29 is 8.42 Å². The summed E-state index contributed by atoms with van der Waals surface area (Å²) >= 11 is 1.55. The van der Waals surface area contributed by atoms with Crippen LogP contribution >= 0.6 is 11.3 Å². The van der Waals surface area contributed by atoms with Gasteiger partial charge in [-0.1, -0.05) is 32.9 Å². The van der Waals surface area contributed by atoms with Gasteiger partial charge in [-0.05, 0) is 30.4 Å². The molecule has 0 amide bonds. The van der Waals surface area contributed by atoms with Crippen LogP contribution in [0.3, 0.4) is 0 Å². The molecule has 1 aromatic carbocycles. The second-order valence-corrected chi connectivity index (χ2v) is 10.1. The normalized spacial score (nSPS) is 13.1. The minimum Gasteiger partial charge on any atom is -0.240 e. The van der Waals surface area contributed by atoms with E-state index in [2.05, 4.69) is 25.8 Å². The molecule has 0 saturated carbocycles. The minimum absolute atomic E-state index is 0.168. The maximum Gasteiger partial charge on any atom is 0.214 e. The van der Waals surface area contributed by atoms with Crippen LogP contribution in [0.4, 0.5) is 0 Å². The number of para-hydroxylation sites is 1. The summed E-state index contributed by atoms with van der Waals surface area (Å²) in [6, 6.07) is 7.87. The second kappa shape index (κ2) is 6.64. The molecule has 0 fully saturated rings. The Morgan fingerprint density at radius 1 is 1.23 bits per heavy atom. The van der Waals surface area contributed by atoms with Crippen molar-refractivity contribution in [1.82, 2.24) is 9.29 Å². The van der Waals surface area contributed by atoms with E-state index in [4.69, 9.17) is 0 Å². The Hall–Kier alpha value is -0.980. The highest BCUT2D eigenvalue weighted by atomic mass is 32.2. The van der Waals surface area contributed by atoms with Crippen molar-refractivity contribution in [3.63, 3.8) is 0 Å². The zero-order valence-electron chi connectivity index (χ0n) is 13.7. The van der Waals surface area contributed by atoms with E-state index in [9.17, 15) is 8.42 Å². The third-order valence-corrected chi connectivity index (χ3v) is 6.40. The molecule has 0 bridgehead atoms. The van der Waals surface area contributed by atoms with Gasteiger partial charge in [-0.2, -0.15) is 4.31 Å². The van der Waals surface area contributed by atoms with Crippen LogP contribution < -0.4 is 0 Å². The van der Waals surface area contributed by atoms with E-state index >= 15 is 0 Å². The van der Waals surface area contributed by atoms with Crippen LogP contribution in [-0.2, 0) is 16.6 Å². The molecule has 122 valence electrons. The average molecular weight is 341 g/mol. The lowest BCUT2D eigenvalue weighted by atomic mass is 9.91. The van der Waals surface area contributed by atoms with Gasteiger partial charge in [0.2, 0.25) is 10.0 Å². The van der Waals surface area contributed by atoms with E-state index in [1.807, 2.05) is 24.3 Å². The Balaban J connectivity index is 1.99. The van der Waals surface area contributed by atoms with Crippen molar-refractivity contribution >= 4 is 31.6 Å². The lowest BCUT2D eigenvalue weighted by Crippen LogP contribution is -2.29. The molecule has 0 atom stereocenters. The quantitative estimate of drug-likeness (QED) is 0.802. The third kappa shape index (κ3) is 4.76. The molecule has 22 heavy (non-hydrogen) atoms. The Morgan fingerprint density at radius 2 is 1.91 bits per heavy atom. The summed E-state index contributed by atoms with van der Waals surface area (Å²) in [5.41, 5.74) is 1.10. The fraction of sp³-hybridized carbons (Fsp3) is 0.562. The Morgan fingerprint density at radius 3 is 2.55 bits per heavy atom. The molecule has 0 saturated heterocycles. The molecule has 0 unspecified atom stereocenters. The summed E-state index contributed by atoms with van der Waals surface area (Å²) in [5, 5.41) is 0.836. The molecule has 2 rings (SSSR count). The average Bonchev–Trinajstić information content (AvgIpc) is 2.78. The topological polar surface area (TPSA) is 50.3 Å². The summed E-state index contributed by atoms with van der Waals surface area (Å²) in [4.78, 5) is 4.50. The van der Waals surface area contributed by atoms with E-state index in [-0.39, 0.29) is 11.2 Å². The van der Waals surface area contributed by atoms with E-state index in [0.717, 1.165) is 21.6 Å². The lowest BCUT2D eigenvalue weighted by Gasteiger charge is -2.20. The van der Waals surface area contributed by atoms with Crippen molar-refractivity contribution in [3.05, 3.63) is 29.3 Å². The van der Waals surface area contributed by atoms with Crippen molar-refractivity contribution in [3.8, 4) is 0 Å². The SMILES string of the molecule is CN(Cc1nc2ccccc2s1)S(=O)(=O)CCCC(C)(C)C. The summed E-state index contributed by atoms with van der Waals surface area (Å²) in [7, 11) is -1.58. The summed E-state index contributed by atoms with van der Waals surface area (Å²) in [6.45, 7) is 6.73. The molecule has 6 heteroatoms. The van der Waals surface area contributed by atoms with Gasteiger partial charge in [0.05, 0.1) is 22.5 Å². The molecule has 2 aromatic rings. The number of benzene rings is 1. The summed E-state index contributed by atoms with van der Waals surface area (Å²) < 4.78 is 27.2. The predicted molar refractivity (Wildman–Crippen MR) is 93.6 cm³/mol. The van der Waals surface area contributed by atoms with E-state index in [1.165, 1.54) is 4.31 Å². The van der Waals surface area contributed by atoms with Crippen LogP contribution in [0.1, 0.15) is 38.6 Å². The standard InChI is InChI=1S/C16H24N2O2S2/c1-16(2,3)10-7-11-22(19,20)18(4)12-15-17-13-8-5-6-9-14(13)21-15/h5-6,8-9H,7,10-12H2,1-4H3. The number of rotatable bonds is 6. The first-order valence-corrected chi connectivity index (χ1v) is 9.88. The maximum absolute atomic E-state index is 12.3. The van der Waals surface area contributed by atoms with Gasteiger partial charge in [0, 0.05) is 7.05 Å². The van der Waals surface area contributed by atoms with Crippen LogP contribution in [-0.4, -0.2) is 30.5 Å². The van der Waals surface area contributed by atoms with Gasteiger partial charge in [0.25, 0.3) is 0 Å². The Labute approximate surface area is 137 Å². The van der Waals surface area contributed by atoms with Gasteiger partial charge < -0.3 is 0 Å². The molecule has 1 heterocycles. The van der Waals surface area contributed by atoms with Crippen molar-refractivity contribution in [2.75, 3.05) is 12.8 Å². The first kappa shape index (κ1) is 17.4. The van der Waals surface area contributed by atoms with Crippen LogP contribution in [0, 0.1) is 5.41 Å². The van der Waals surface area contributed by atoms with E-state index in [0.29, 0.717) is 13.0 Å². The second-order valence-electron chi connectivity index (χ2n) is 6.81. The number of nitrogens with zero attached hydrogens (tertiary/aromatic N) is 2. The van der Waals surface area contributed by atoms with Crippen molar-refractivity contribution in [1.29, 1.82) is 0 Å². The molecule has 4 nitrogen and oxygen atoms in total. The molecular formula is C16H24N2O2S2. The first-order chi connectivity index (χ1) is 10.2. The van der Waals surface area contributed by atoms with Crippen molar-refractivity contribution in [2.24, 2.45) is 5.41 Å². The van der Waals surface area contributed by atoms with Crippen LogP contribution in [0.2, 0.25) is 0 Å². The van der Waals surface area contributed by atoms with Crippen LogP contribution in [0.25, 0.3) is 10.2 Å². The Bertz CT molecular complexity index is 697. The minimum atomic E-state index is -3.22. The van der Waals surface area contributed by atoms with Gasteiger partial charge in [0.15, 0.2) is 0 Å². The fourth-order valence-electron chi connectivity index (χ4n) is 2.22. The monoisotopic (exact) mass is 340 g/mol. The molecule has 0 aliphatic rings. The highest BCUT2D eigenvalue weighted by Gasteiger charge is 2.20. The molecular weight excluding hydrogens is 316 g/mol. The smallest absolute Gasteiger partial charge is 0.214 e. The number of hydrogen-bond donors (Lipinski definition) is 0. The predicted octanol–water partition coefficient (Wildman–Crippen LogP) is 3.88. The highest BCUT2D eigenvalue weighted by Crippen LogP contribution is 2.24. The fourth-order valence-corrected chi connectivity index (χ4v) is 4.46. The van der Waals surface area contributed by atoms with Gasteiger partial charge in [-0.25, -0.2) is 13.4 Å². The molecule has 1 aromatic heterocycles. The third-order valence-electron chi connectivity index (χ3n) is 3.50. The van der Waals surface area contributed by atoms with Gasteiger partial charge >= 0.3 is 0 Å². The number of sulfonamides is 1. The van der Waals surface area contributed by atoms with Crippen LogP contribution in [0.5, 0.6) is 0 Å². The van der Waals surface area contributed by atoms with Crippen LogP contribution in [0.15, 0.2) is 24.3 Å². The van der Waals surface area contributed by atoms with Crippen molar-refractivity contribution in [2.45, 2.75) is 40.2 Å². The maximum atomic E-state index is 12.3. The molecule has 0 N–H and O–H groups in total. The molecule has 0 spiro atoms. The zero-order chi connectivity index (χ0) is 16.4. The Kier molecular flexibility index (Phi) is 5.25.